The van der Waals surface area contributed by atoms with Crippen LogP contribution in [0.5, 0.6) is 6.01 Å². The number of nitrogens with one attached hydrogen (secondary N) is 1. The van der Waals surface area contributed by atoms with Crippen molar-refractivity contribution in [1.82, 2.24) is 24.8 Å². The van der Waals surface area contributed by atoms with E-state index in [1.807, 2.05) is 44.2 Å². The third-order valence-corrected chi connectivity index (χ3v) is 12.5. The van der Waals surface area contributed by atoms with Crippen LogP contribution in [-0.4, -0.2) is 69.6 Å². The number of rotatable bonds is 8. The highest BCUT2D eigenvalue weighted by molar-refractivity contribution is 6.04. The molecule has 3 aromatic heterocycles. The third kappa shape index (κ3) is 8.31. The van der Waals surface area contributed by atoms with Gasteiger partial charge in [0.05, 0.1) is 28.7 Å². The van der Waals surface area contributed by atoms with Crippen molar-refractivity contribution < 1.29 is 22.4 Å². The number of nitrogen functional groups attached to an aromatic ring is 1. The third-order valence-electron chi connectivity index (χ3n) is 12.5. The summed E-state index contributed by atoms with van der Waals surface area (Å²) in [6.45, 7) is 10.7. The first-order valence-electron chi connectivity index (χ1n) is 21.6. The number of halogens is 2. The Balaban J connectivity index is 0.00000253. The summed E-state index contributed by atoms with van der Waals surface area (Å²) >= 11 is 0. The van der Waals surface area contributed by atoms with Crippen molar-refractivity contribution in [3.8, 4) is 40.9 Å². The van der Waals surface area contributed by atoms with Gasteiger partial charge in [-0.2, -0.15) is 9.97 Å². The molecule has 0 radical (unpaired) electrons. The number of nitrogens with two attached hydrogens (primary N) is 1. The van der Waals surface area contributed by atoms with E-state index in [9.17, 15) is 4.79 Å². The number of terminal acetylenes is 1. The summed E-state index contributed by atoms with van der Waals surface area (Å²) in [5.74, 6) is 2.01. The van der Waals surface area contributed by atoms with Crippen LogP contribution in [-0.2, 0) is 13.0 Å². The van der Waals surface area contributed by atoms with E-state index in [2.05, 4.69) is 28.0 Å². The zero-order chi connectivity index (χ0) is 42.7. The Kier molecular flexibility index (Phi) is 12.4. The van der Waals surface area contributed by atoms with Gasteiger partial charge < -0.3 is 24.6 Å². The van der Waals surface area contributed by atoms with Gasteiger partial charge in [-0.05, 0) is 87.5 Å². The molecular formula is C48H53F2N7O4. The Labute approximate surface area is 354 Å². The van der Waals surface area contributed by atoms with Crippen molar-refractivity contribution >= 4 is 33.2 Å². The van der Waals surface area contributed by atoms with Gasteiger partial charge in [0.25, 0.3) is 0 Å². The summed E-state index contributed by atoms with van der Waals surface area (Å²) in [5.41, 5.74) is 8.36. The Morgan fingerprint density at radius 1 is 1.00 bits per heavy atom. The van der Waals surface area contributed by atoms with Gasteiger partial charge in [0.1, 0.15) is 29.5 Å². The summed E-state index contributed by atoms with van der Waals surface area (Å²) in [7, 11) is 0. The number of hydrogen-bond acceptors (Lipinski definition) is 11. The van der Waals surface area contributed by atoms with Gasteiger partial charge in [0.2, 0.25) is 0 Å². The van der Waals surface area contributed by atoms with Gasteiger partial charge in [0.15, 0.2) is 17.3 Å². The Morgan fingerprint density at radius 3 is 2.54 bits per heavy atom. The highest BCUT2D eigenvalue weighted by atomic mass is 19.1. The molecule has 3 N–H and O–H groups in total. The lowest BCUT2D eigenvalue weighted by Crippen LogP contribution is -2.43. The number of nitrogens with zero attached hydrogens (tertiary/aromatic N) is 5. The quantitative estimate of drug-likeness (QED) is 0.112. The van der Waals surface area contributed by atoms with Crippen molar-refractivity contribution in [2.45, 2.75) is 84.2 Å². The smallest absolute Gasteiger partial charge is 0.461 e. The maximum atomic E-state index is 17.5. The highest BCUT2D eigenvalue weighted by Crippen LogP contribution is 2.41. The van der Waals surface area contributed by atoms with Gasteiger partial charge >= 0.3 is 11.8 Å². The Hall–Kier alpha value is -5.84. The summed E-state index contributed by atoms with van der Waals surface area (Å²) in [6, 6.07) is 15.7. The van der Waals surface area contributed by atoms with Crippen molar-refractivity contribution in [3.05, 3.63) is 93.9 Å². The first-order chi connectivity index (χ1) is 29.7. The lowest BCUT2D eigenvalue weighted by atomic mass is 9.94. The van der Waals surface area contributed by atoms with Crippen LogP contribution in [0.3, 0.4) is 0 Å². The molecule has 61 heavy (non-hydrogen) atoms. The van der Waals surface area contributed by atoms with Crippen molar-refractivity contribution in [3.63, 3.8) is 0 Å². The monoisotopic (exact) mass is 829 g/mol. The molecule has 9 rings (SSSR count). The molecule has 318 valence electrons. The fourth-order valence-corrected chi connectivity index (χ4v) is 9.57. The Bertz CT molecular complexity index is 2630. The summed E-state index contributed by atoms with van der Waals surface area (Å²) in [4.78, 5) is 31.9. The zero-order valence-electron chi connectivity index (χ0n) is 35.2. The topological polar surface area (TPSA) is 136 Å². The molecule has 3 aliphatic heterocycles. The summed E-state index contributed by atoms with van der Waals surface area (Å²) < 4.78 is 50.3. The van der Waals surface area contributed by atoms with Crippen LogP contribution >= 0.6 is 0 Å². The summed E-state index contributed by atoms with van der Waals surface area (Å²) in [6.07, 6.45) is 13.1. The van der Waals surface area contributed by atoms with Gasteiger partial charge in [-0.3, -0.25) is 9.80 Å². The lowest BCUT2D eigenvalue weighted by molar-refractivity contribution is 0.108. The average molecular weight is 830 g/mol. The molecule has 0 bridgehead atoms. The van der Waals surface area contributed by atoms with Crippen LogP contribution in [0.4, 0.5) is 20.3 Å². The average Bonchev–Trinajstić information content (AvgIpc) is 3.97. The number of fused-ring (bicyclic) bond motifs is 2. The van der Waals surface area contributed by atoms with E-state index in [-0.39, 0.29) is 28.3 Å². The van der Waals surface area contributed by atoms with Gasteiger partial charge in [-0.15, -0.1) is 6.42 Å². The van der Waals surface area contributed by atoms with E-state index in [4.69, 9.17) is 40.7 Å². The highest BCUT2D eigenvalue weighted by Gasteiger charge is 2.45. The molecule has 11 nitrogen and oxygen atoms in total. The van der Waals surface area contributed by atoms with E-state index in [1.54, 1.807) is 18.2 Å². The maximum absolute atomic E-state index is 17.5. The number of aryl methyl sites for hydroxylation is 1. The van der Waals surface area contributed by atoms with Crippen molar-refractivity contribution in [2.75, 3.05) is 50.4 Å². The van der Waals surface area contributed by atoms with Crippen LogP contribution in [0.25, 0.3) is 44.3 Å². The number of benzene rings is 3. The second-order valence-corrected chi connectivity index (χ2v) is 16.1. The molecule has 3 aliphatic rings. The fourth-order valence-electron chi connectivity index (χ4n) is 9.57. The zero-order valence-corrected chi connectivity index (χ0v) is 35.2. The second kappa shape index (κ2) is 18.0. The molecule has 13 heteroatoms. The van der Waals surface area contributed by atoms with Crippen molar-refractivity contribution in [2.24, 2.45) is 5.92 Å². The maximum Gasteiger partial charge on any atom is 0.519 e. The molecule has 3 aromatic carbocycles. The van der Waals surface area contributed by atoms with E-state index in [0.717, 1.165) is 70.1 Å². The largest absolute Gasteiger partial charge is 0.519 e. The molecule has 0 amide bonds. The van der Waals surface area contributed by atoms with E-state index in [0.29, 0.717) is 89.0 Å². The molecule has 1 unspecified atom stereocenters. The predicted molar refractivity (Wildman–Crippen MR) is 235 cm³/mol. The minimum Gasteiger partial charge on any atom is -0.461 e. The number of anilines is 2. The number of aromatic nitrogens is 3. The van der Waals surface area contributed by atoms with Crippen LogP contribution in [0.2, 0.25) is 0 Å². The van der Waals surface area contributed by atoms with Crippen LogP contribution in [0, 0.1) is 29.9 Å². The van der Waals surface area contributed by atoms with Gasteiger partial charge in [0, 0.05) is 41.8 Å². The minimum absolute atomic E-state index is 0.00872. The standard InChI is InChI=1S/C46H47F2N7O4.C2H6/c1-3-28-11-8-14-35-38-41(39(48)40(51-35)33-24-31(49)23-30-15-16-34(47)32(4-2)37(30)33)52-44(57-27-46-17-9-20-55(46)21-10-18-46)53-43(38)50-19-22-54(25-28)26-36-42(59-45(56)58-36)29-12-6-5-7-13-29;1-2/h2,5-7,12-13,15-16,23-24,28H,3,8-11,14,17-22,25-27,49H2,1H3,(H,50,52,53);1-2H3. The van der Waals surface area contributed by atoms with Crippen LogP contribution < -0.4 is 21.6 Å². The van der Waals surface area contributed by atoms with Gasteiger partial charge in [-0.25, -0.2) is 18.6 Å². The molecule has 1 atom stereocenters. The lowest BCUT2D eigenvalue weighted by Gasteiger charge is -2.31. The molecule has 6 heterocycles. The SMILES string of the molecule is C#Cc1c(F)ccc2cc(N)cc(-c3nc4c5c(nc(OCC67CCCN6CCC7)nc5c3F)NCCN(Cc3oc(=O)oc3-c3ccccc3)CC(CC)CCC4)c12.CC. The first kappa shape index (κ1) is 41.9. The first-order valence-corrected chi connectivity index (χ1v) is 21.6. The van der Waals surface area contributed by atoms with Crippen molar-refractivity contribution in [1.29, 1.82) is 0 Å². The molecule has 6 aromatic rings. The van der Waals surface area contributed by atoms with Crippen LogP contribution in [0.1, 0.15) is 82.7 Å². The van der Waals surface area contributed by atoms with E-state index >= 15 is 8.78 Å². The molecular weight excluding hydrogens is 777 g/mol. The molecule has 2 fully saturated rings. The number of ether oxygens (including phenoxy) is 1. The number of hydrogen-bond donors (Lipinski definition) is 2. The second-order valence-electron chi connectivity index (χ2n) is 16.1. The molecule has 0 aliphatic carbocycles. The fraction of sp³-hybridized carbons (Fsp3) is 0.417. The molecule has 0 spiro atoms. The number of pyridine rings is 1. The summed E-state index contributed by atoms with van der Waals surface area (Å²) in [5, 5.41) is 4.90. The molecule has 2 saturated heterocycles. The van der Waals surface area contributed by atoms with E-state index < -0.39 is 17.5 Å². The predicted octanol–water partition coefficient (Wildman–Crippen LogP) is 9.21. The molecule has 0 saturated carbocycles. The van der Waals surface area contributed by atoms with Gasteiger partial charge in [-0.1, -0.05) is 69.5 Å². The van der Waals surface area contributed by atoms with Crippen LogP contribution in [0.15, 0.2) is 68.2 Å². The minimum atomic E-state index is -0.746. The Morgan fingerprint density at radius 2 is 1.79 bits per heavy atom. The van der Waals surface area contributed by atoms with E-state index in [1.165, 1.54) is 6.07 Å². The normalized spacial score (nSPS) is 18.1.